The molecule has 2 heterocycles. The summed E-state index contributed by atoms with van der Waals surface area (Å²) in [4.78, 5) is 6.83. The lowest BCUT2D eigenvalue weighted by Crippen LogP contribution is -2.24. The molecule has 0 aliphatic carbocycles. The molecule has 0 N–H and O–H groups in total. The predicted octanol–water partition coefficient (Wildman–Crippen LogP) is 5.88. The van der Waals surface area contributed by atoms with Crippen molar-refractivity contribution in [2.24, 2.45) is 0 Å². The van der Waals surface area contributed by atoms with Crippen LogP contribution in [-0.2, 0) is 6.54 Å². The molecule has 11 heteroatoms. The van der Waals surface area contributed by atoms with Gasteiger partial charge < -0.3 is 14.1 Å². The molecule has 0 unspecified atom stereocenters. The molecule has 2 aromatic heterocycles. The van der Waals surface area contributed by atoms with Gasteiger partial charge in [0, 0.05) is 24.3 Å². The van der Waals surface area contributed by atoms with Crippen LogP contribution in [-0.4, -0.2) is 44.4 Å². The quantitative estimate of drug-likeness (QED) is 0.269. The van der Waals surface area contributed by atoms with E-state index in [9.17, 15) is 13.2 Å². The molecule has 0 atom stereocenters. The number of halogens is 3. The monoisotopic (exact) mass is 500 g/mol. The minimum Gasteiger partial charge on any atom is -0.413 e. The van der Waals surface area contributed by atoms with Gasteiger partial charge in [0.15, 0.2) is 0 Å². The van der Waals surface area contributed by atoms with E-state index in [-0.39, 0.29) is 23.4 Å². The van der Waals surface area contributed by atoms with Crippen molar-refractivity contribution in [1.29, 1.82) is 0 Å². The second-order valence-electron chi connectivity index (χ2n) is 8.28. The van der Waals surface area contributed by atoms with Crippen LogP contribution in [0.2, 0.25) is 0 Å². The third-order valence-corrected chi connectivity index (χ3v) is 5.40. The Morgan fingerprint density at radius 2 is 1.67 bits per heavy atom. The molecule has 4 rings (SSSR count). The summed E-state index contributed by atoms with van der Waals surface area (Å²) in [6.07, 6.45) is -2.60. The molecule has 0 amide bonds. The number of aryl methyl sites for hydroxylation is 1. The number of nitrogens with zero attached hydrogens (tertiary/aromatic N) is 6. The summed E-state index contributed by atoms with van der Waals surface area (Å²) in [5.41, 5.74) is 2.72. The molecular formula is C25H27F3N6O2. The van der Waals surface area contributed by atoms with E-state index in [1.165, 1.54) is 30.0 Å². The lowest BCUT2D eigenvalue weighted by Gasteiger charge is -2.24. The van der Waals surface area contributed by atoms with Gasteiger partial charge in [-0.15, -0.1) is 28.5 Å². The predicted molar refractivity (Wildman–Crippen MR) is 129 cm³/mol. The highest BCUT2D eigenvalue weighted by Gasteiger charge is 2.31. The minimum absolute atomic E-state index is 0.119. The molecule has 0 radical (unpaired) electrons. The fourth-order valence-corrected chi connectivity index (χ4v) is 3.82. The zero-order chi connectivity index (χ0) is 25.7. The van der Waals surface area contributed by atoms with E-state index >= 15 is 0 Å². The van der Waals surface area contributed by atoms with E-state index in [1.54, 1.807) is 4.68 Å². The third-order valence-electron chi connectivity index (χ3n) is 5.40. The van der Waals surface area contributed by atoms with Crippen LogP contribution in [0.15, 0.2) is 52.9 Å². The third kappa shape index (κ3) is 6.21. The average molecular weight is 501 g/mol. The fourth-order valence-electron chi connectivity index (χ4n) is 3.82. The van der Waals surface area contributed by atoms with Gasteiger partial charge in [-0.1, -0.05) is 26.0 Å². The Kier molecular flexibility index (Phi) is 7.56. The Labute approximate surface area is 206 Å². The van der Waals surface area contributed by atoms with Crippen LogP contribution in [0.4, 0.5) is 18.9 Å². The van der Waals surface area contributed by atoms with E-state index in [0.717, 1.165) is 31.5 Å². The van der Waals surface area contributed by atoms with Crippen LogP contribution in [0.25, 0.3) is 23.2 Å². The molecule has 0 aliphatic rings. The normalized spacial score (nSPS) is 11.6. The van der Waals surface area contributed by atoms with Crippen LogP contribution < -0.4 is 9.64 Å². The van der Waals surface area contributed by atoms with Crippen molar-refractivity contribution >= 4 is 5.69 Å². The first kappa shape index (κ1) is 25.2. The smallest absolute Gasteiger partial charge is 0.413 e. The van der Waals surface area contributed by atoms with Crippen LogP contribution in [0.1, 0.15) is 38.1 Å². The van der Waals surface area contributed by atoms with Gasteiger partial charge in [-0.05, 0) is 61.7 Å². The SMILES string of the molecule is CCCN(CCC)c1cccc(Cn2nc(-c3nnc(-c4ccc(OC(F)(F)F)cc4)o3)nc2C)c1. The van der Waals surface area contributed by atoms with Crippen molar-refractivity contribution in [2.45, 2.75) is 46.5 Å². The molecule has 8 nitrogen and oxygen atoms in total. The first-order valence-electron chi connectivity index (χ1n) is 11.7. The highest BCUT2D eigenvalue weighted by Crippen LogP contribution is 2.27. The Morgan fingerprint density at radius 3 is 2.33 bits per heavy atom. The summed E-state index contributed by atoms with van der Waals surface area (Å²) < 4.78 is 48.4. The number of alkyl halides is 3. The number of aromatic nitrogens is 5. The first-order chi connectivity index (χ1) is 17.3. The number of hydrogen-bond donors (Lipinski definition) is 0. The molecule has 0 spiro atoms. The second kappa shape index (κ2) is 10.8. The summed E-state index contributed by atoms with van der Waals surface area (Å²) >= 11 is 0. The minimum atomic E-state index is -4.76. The van der Waals surface area contributed by atoms with E-state index in [2.05, 4.69) is 62.0 Å². The Morgan fingerprint density at radius 1 is 0.972 bits per heavy atom. The Bertz CT molecular complexity index is 1280. The van der Waals surface area contributed by atoms with Gasteiger partial charge in [0.1, 0.15) is 11.6 Å². The van der Waals surface area contributed by atoms with Gasteiger partial charge in [-0.3, -0.25) is 0 Å². The van der Waals surface area contributed by atoms with Crippen LogP contribution >= 0.6 is 0 Å². The fraction of sp³-hybridized carbons (Fsp3) is 0.360. The first-order valence-corrected chi connectivity index (χ1v) is 11.7. The van der Waals surface area contributed by atoms with Crippen molar-refractivity contribution < 1.29 is 22.3 Å². The number of rotatable bonds is 10. The summed E-state index contributed by atoms with van der Waals surface area (Å²) in [7, 11) is 0. The standard InChI is InChI=1S/C25H27F3N6O2/c1-4-13-33(14-5-2)20-8-6-7-18(15-20)16-34-17(3)29-22(32-34)24-31-30-23(35-24)19-9-11-21(12-10-19)36-25(26,27)28/h6-12,15H,4-5,13-14,16H2,1-3H3. The maximum absolute atomic E-state index is 12.4. The molecule has 36 heavy (non-hydrogen) atoms. The Balaban J connectivity index is 1.49. The topological polar surface area (TPSA) is 82.1 Å². The number of ether oxygens (including phenoxy) is 1. The van der Waals surface area contributed by atoms with E-state index in [1.807, 2.05) is 13.0 Å². The molecule has 0 bridgehead atoms. The maximum Gasteiger partial charge on any atom is 0.573 e. The Hall–Kier alpha value is -3.89. The highest BCUT2D eigenvalue weighted by molar-refractivity contribution is 5.56. The van der Waals surface area contributed by atoms with Crippen molar-refractivity contribution in [3.05, 3.63) is 59.9 Å². The molecule has 190 valence electrons. The number of hydrogen-bond acceptors (Lipinski definition) is 7. The van der Waals surface area contributed by atoms with Crippen molar-refractivity contribution in [2.75, 3.05) is 18.0 Å². The van der Waals surface area contributed by atoms with E-state index in [0.29, 0.717) is 17.9 Å². The number of anilines is 1. The summed E-state index contributed by atoms with van der Waals surface area (Å²) in [6, 6.07) is 13.6. The maximum atomic E-state index is 12.4. The number of benzene rings is 2. The molecule has 2 aromatic carbocycles. The largest absolute Gasteiger partial charge is 0.573 e. The van der Waals surface area contributed by atoms with Gasteiger partial charge >= 0.3 is 6.36 Å². The zero-order valence-electron chi connectivity index (χ0n) is 20.3. The average Bonchev–Trinajstić information content (AvgIpc) is 3.46. The van der Waals surface area contributed by atoms with Crippen molar-refractivity contribution in [3.63, 3.8) is 0 Å². The summed E-state index contributed by atoms with van der Waals surface area (Å²) in [5, 5.41) is 12.5. The van der Waals surface area contributed by atoms with Gasteiger partial charge in [-0.2, -0.15) is 0 Å². The van der Waals surface area contributed by atoms with Crippen molar-refractivity contribution in [3.8, 4) is 28.9 Å². The van der Waals surface area contributed by atoms with Gasteiger partial charge in [-0.25, -0.2) is 9.67 Å². The molecule has 0 fully saturated rings. The lowest BCUT2D eigenvalue weighted by molar-refractivity contribution is -0.274. The summed E-state index contributed by atoms with van der Waals surface area (Å²) in [5.74, 6) is 0.880. The second-order valence-corrected chi connectivity index (χ2v) is 8.28. The molecule has 0 aliphatic heterocycles. The van der Waals surface area contributed by atoms with E-state index in [4.69, 9.17) is 4.42 Å². The summed E-state index contributed by atoms with van der Waals surface area (Å²) in [6.45, 7) is 8.72. The van der Waals surface area contributed by atoms with Gasteiger partial charge in [0.25, 0.3) is 5.89 Å². The van der Waals surface area contributed by atoms with Gasteiger partial charge in [0.05, 0.1) is 6.54 Å². The van der Waals surface area contributed by atoms with Crippen LogP contribution in [0.3, 0.4) is 0 Å². The molecule has 0 saturated carbocycles. The van der Waals surface area contributed by atoms with E-state index < -0.39 is 6.36 Å². The van der Waals surface area contributed by atoms with Crippen molar-refractivity contribution in [1.82, 2.24) is 25.0 Å². The van der Waals surface area contributed by atoms with Crippen LogP contribution in [0.5, 0.6) is 5.75 Å². The molecular weight excluding hydrogens is 473 g/mol. The molecule has 4 aromatic rings. The zero-order valence-corrected chi connectivity index (χ0v) is 20.3. The highest BCUT2D eigenvalue weighted by atomic mass is 19.4. The lowest BCUT2D eigenvalue weighted by atomic mass is 10.1. The molecule has 0 saturated heterocycles. The van der Waals surface area contributed by atoms with Crippen LogP contribution in [0, 0.1) is 6.92 Å². The van der Waals surface area contributed by atoms with Gasteiger partial charge in [0.2, 0.25) is 11.7 Å².